The van der Waals surface area contributed by atoms with Gasteiger partial charge in [0.1, 0.15) is 0 Å². The molecule has 5 heteroatoms. The van der Waals surface area contributed by atoms with Gasteiger partial charge in [0, 0.05) is 37.5 Å². The molecule has 1 aliphatic heterocycles. The monoisotopic (exact) mass is 336 g/mol. The summed E-state index contributed by atoms with van der Waals surface area (Å²) in [5.41, 5.74) is 0.0129. The van der Waals surface area contributed by atoms with Crippen molar-refractivity contribution in [3.63, 3.8) is 0 Å². The van der Waals surface area contributed by atoms with Crippen molar-refractivity contribution in [3.8, 4) is 0 Å². The third kappa shape index (κ3) is 4.80. The Kier molecular flexibility index (Phi) is 5.50. The van der Waals surface area contributed by atoms with Crippen LogP contribution in [0.4, 0.5) is 0 Å². The van der Waals surface area contributed by atoms with E-state index in [2.05, 4.69) is 20.8 Å². The molecule has 0 aliphatic carbocycles. The predicted octanol–water partition coefficient (Wildman–Crippen LogP) is 3.56. The van der Waals surface area contributed by atoms with Crippen molar-refractivity contribution in [2.24, 2.45) is 5.41 Å². The van der Waals surface area contributed by atoms with Gasteiger partial charge in [-0.1, -0.05) is 20.8 Å². The van der Waals surface area contributed by atoms with Crippen LogP contribution in [-0.2, 0) is 4.79 Å². The highest BCUT2D eigenvalue weighted by molar-refractivity contribution is 7.13. The van der Waals surface area contributed by atoms with Gasteiger partial charge in [-0.2, -0.15) is 0 Å². The van der Waals surface area contributed by atoms with Crippen LogP contribution in [0.25, 0.3) is 0 Å². The zero-order chi connectivity index (χ0) is 17.2. The highest BCUT2D eigenvalue weighted by Crippen LogP contribution is 2.24. The highest BCUT2D eigenvalue weighted by atomic mass is 32.1. The number of likely N-dealkylation sites (tertiary alicyclic amines) is 1. The number of piperidine rings is 1. The normalized spacial score (nSPS) is 16.5. The summed E-state index contributed by atoms with van der Waals surface area (Å²) in [6, 6.07) is 4.15. The molecule has 0 N–H and O–H groups in total. The average molecular weight is 337 g/mol. The van der Waals surface area contributed by atoms with E-state index in [4.69, 9.17) is 0 Å². The molecule has 0 atom stereocenters. The van der Waals surface area contributed by atoms with Crippen molar-refractivity contribution in [1.82, 2.24) is 9.80 Å². The molecule has 23 heavy (non-hydrogen) atoms. The van der Waals surface area contributed by atoms with Crippen molar-refractivity contribution in [1.29, 1.82) is 0 Å². The summed E-state index contributed by atoms with van der Waals surface area (Å²) < 4.78 is 0. The van der Waals surface area contributed by atoms with E-state index in [1.165, 1.54) is 0 Å². The van der Waals surface area contributed by atoms with E-state index in [1.54, 1.807) is 11.3 Å². The van der Waals surface area contributed by atoms with Gasteiger partial charge < -0.3 is 9.80 Å². The Morgan fingerprint density at radius 1 is 1.26 bits per heavy atom. The van der Waals surface area contributed by atoms with Crippen LogP contribution < -0.4 is 0 Å². The maximum Gasteiger partial charge on any atom is 0.263 e. The number of rotatable bonds is 3. The molecule has 1 fully saturated rings. The van der Waals surface area contributed by atoms with Gasteiger partial charge in [0.25, 0.3) is 5.91 Å². The second kappa shape index (κ2) is 7.04. The molecule has 2 heterocycles. The molecular formula is C18H28N2O2S. The first-order valence-electron chi connectivity index (χ1n) is 8.29. The minimum Gasteiger partial charge on any atom is -0.343 e. The van der Waals surface area contributed by atoms with Crippen molar-refractivity contribution in [3.05, 3.63) is 21.9 Å². The van der Waals surface area contributed by atoms with Gasteiger partial charge in [-0.3, -0.25) is 9.59 Å². The number of thiophene rings is 1. The Balaban J connectivity index is 1.88. The summed E-state index contributed by atoms with van der Waals surface area (Å²) in [4.78, 5) is 30.6. The molecule has 0 saturated carbocycles. The molecule has 1 aromatic heterocycles. The molecule has 4 nitrogen and oxygen atoms in total. The fourth-order valence-corrected chi connectivity index (χ4v) is 3.78. The van der Waals surface area contributed by atoms with E-state index in [-0.39, 0.29) is 23.3 Å². The fraction of sp³-hybridized carbons (Fsp3) is 0.667. The number of nitrogens with zero attached hydrogens (tertiary/aromatic N) is 2. The Hall–Kier alpha value is -1.36. The molecule has 1 saturated heterocycles. The number of hydrogen-bond acceptors (Lipinski definition) is 3. The molecular weight excluding hydrogens is 308 g/mol. The van der Waals surface area contributed by atoms with E-state index >= 15 is 0 Å². The van der Waals surface area contributed by atoms with Gasteiger partial charge in [0.15, 0.2) is 0 Å². The van der Waals surface area contributed by atoms with Crippen LogP contribution in [0.5, 0.6) is 0 Å². The molecule has 1 aromatic rings. The molecule has 0 radical (unpaired) electrons. The lowest BCUT2D eigenvalue weighted by atomic mass is 9.91. The molecule has 0 unspecified atom stereocenters. The van der Waals surface area contributed by atoms with Gasteiger partial charge in [0.05, 0.1) is 4.88 Å². The lowest BCUT2D eigenvalue weighted by Crippen LogP contribution is -2.47. The van der Waals surface area contributed by atoms with E-state index < -0.39 is 0 Å². The summed E-state index contributed by atoms with van der Waals surface area (Å²) >= 11 is 1.55. The molecule has 2 amide bonds. The number of hydrogen-bond donors (Lipinski definition) is 0. The van der Waals surface area contributed by atoms with Crippen LogP contribution in [0.3, 0.4) is 0 Å². The number of amides is 2. The summed E-state index contributed by atoms with van der Waals surface area (Å²) in [7, 11) is 1.90. The van der Waals surface area contributed by atoms with Gasteiger partial charge >= 0.3 is 0 Å². The first-order chi connectivity index (χ1) is 10.7. The van der Waals surface area contributed by atoms with Crippen molar-refractivity contribution < 1.29 is 9.59 Å². The minimum atomic E-state index is 0.0129. The molecule has 128 valence electrons. The van der Waals surface area contributed by atoms with E-state index in [9.17, 15) is 9.59 Å². The maximum absolute atomic E-state index is 12.5. The van der Waals surface area contributed by atoms with E-state index in [0.717, 1.165) is 35.7 Å². The summed E-state index contributed by atoms with van der Waals surface area (Å²) in [6.45, 7) is 9.74. The summed E-state index contributed by atoms with van der Waals surface area (Å²) in [5.74, 6) is 0.335. The quantitative estimate of drug-likeness (QED) is 0.847. The second-order valence-electron chi connectivity index (χ2n) is 7.68. The Bertz CT molecular complexity index is 566. The second-order valence-corrected chi connectivity index (χ2v) is 8.96. The third-order valence-corrected chi connectivity index (χ3v) is 5.31. The van der Waals surface area contributed by atoms with Crippen LogP contribution in [0.1, 0.15) is 54.6 Å². The Morgan fingerprint density at radius 3 is 2.35 bits per heavy atom. The van der Waals surface area contributed by atoms with Crippen LogP contribution in [0.2, 0.25) is 0 Å². The highest BCUT2D eigenvalue weighted by Gasteiger charge is 2.29. The van der Waals surface area contributed by atoms with Crippen LogP contribution in [-0.4, -0.2) is 47.8 Å². The molecule has 1 aliphatic rings. The SMILES string of the molecule is Cc1ccc(C(=O)N2CCC(N(C)C(=O)CC(C)(C)C)CC2)s1. The number of aryl methyl sites for hydroxylation is 1. The zero-order valence-electron chi connectivity index (χ0n) is 14.9. The van der Waals surface area contributed by atoms with Gasteiger partial charge in [-0.05, 0) is 37.3 Å². The first kappa shape index (κ1) is 18.0. The van der Waals surface area contributed by atoms with E-state index in [1.807, 2.05) is 35.9 Å². The average Bonchev–Trinajstić information content (AvgIpc) is 2.90. The van der Waals surface area contributed by atoms with Crippen molar-refractivity contribution >= 4 is 23.2 Å². The first-order valence-corrected chi connectivity index (χ1v) is 9.10. The van der Waals surface area contributed by atoms with Gasteiger partial charge in [-0.15, -0.1) is 11.3 Å². The molecule has 0 bridgehead atoms. The van der Waals surface area contributed by atoms with Crippen LogP contribution in [0.15, 0.2) is 12.1 Å². The Morgan fingerprint density at radius 2 is 1.87 bits per heavy atom. The van der Waals surface area contributed by atoms with Crippen LogP contribution >= 0.6 is 11.3 Å². The van der Waals surface area contributed by atoms with Gasteiger partial charge in [-0.25, -0.2) is 0 Å². The molecule has 0 aromatic carbocycles. The minimum absolute atomic E-state index is 0.0129. The lowest BCUT2D eigenvalue weighted by molar-refractivity contribution is -0.134. The van der Waals surface area contributed by atoms with Crippen molar-refractivity contribution in [2.75, 3.05) is 20.1 Å². The summed E-state index contributed by atoms with van der Waals surface area (Å²) in [5, 5.41) is 0. The third-order valence-electron chi connectivity index (χ3n) is 4.33. The fourth-order valence-electron chi connectivity index (χ4n) is 2.94. The summed E-state index contributed by atoms with van der Waals surface area (Å²) in [6.07, 6.45) is 2.29. The maximum atomic E-state index is 12.5. The van der Waals surface area contributed by atoms with Crippen LogP contribution in [0, 0.1) is 12.3 Å². The molecule has 0 spiro atoms. The zero-order valence-corrected chi connectivity index (χ0v) is 15.7. The van der Waals surface area contributed by atoms with Gasteiger partial charge in [0.2, 0.25) is 5.91 Å². The predicted molar refractivity (Wildman–Crippen MR) is 94.8 cm³/mol. The Labute approximate surface area is 143 Å². The van der Waals surface area contributed by atoms with E-state index in [0.29, 0.717) is 6.42 Å². The van der Waals surface area contributed by atoms with Crippen molar-refractivity contribution in [2.45, 2.75) is 53.0 Å². The molecule has 2 rings (SSSR count). The number of carbonyl (C=O) groups is 2. The smallest absolute Gasteiger partial charge is 0.263 e. The standard InChI is InChI=1S/C18H28N2O2S/c1-13-6-7-15(23-13)17(22)20-10-8-14(9-11-20)19(5)16(21)12-18(2,3)4/h6-7,14H,8-12H2,1-5H3. The topological polar surface area (TPSA) is 40.6 Å². The lowest BCUT2D eigenvalue weighted by Gasteiger charge is -2.37. The number of carbonyl (C=O) groups excluding carboxylic acids is 2. The largest absolute Gasteiger partial charge is 0.343 e.